The number of hydrogen-bond acceptors (Lipinski definition) is 1. The zero-order chi connectivity index (χ0) is 6.69. The van der Waals surface area contributed by atoms with Crippen LogP contribution >= 0.6 is 0 Å². The van der Waals surface area contributed by atoms with Crippen LogP contribution < -0.4 is 0 Å². The molecule has 0 aliphatic carbocycles. The monoisotopic (exact) mass is 124 g/mol. The molecule has 1 N–H and O–H groups in total. The van der Waals surface area contributed by atoms with Crippen LogP contribution in [0.1, 0.15) is 25.4 Å². The maximum Gasteiger partial charge on any atom is 0.105 e. The second-order valence-corrected chi connectivity index (χ2v) is 2.06. The molecule has 0 aromatic carbocycles. The zero-order valence-electron chi connectivity index (χ0n) is 5.94. The van der Waals surface area contributed by atoms with Crippen LogP contribution in [0.25, 0.3) is 0 Å². The molecule has 1 heterocycles. The highest BCUT2D eigenvalue weighted by atomic mass is 14.9. The van der Waals surface area contributed by atoms with E-state index in [4.69, 9.17) is 0 Å². The van der Waals surface area contributed by atoms with Crippen molar-refractivity contribution in [2.24, 2.45) is 0 Å². The Morgan fingerprint density at radius 3 is 2.56 bits per heavy atom. The highest BCUT2D eigenvalue weighted by Crippen LogP contribution is 1.96. The van der Waals surface area contributed by atoms with Gasteiger partial charge in [0.15, 0.2) is 0 Å². The van der Waals surface area contributed by atoms with Crippen LogP contribution in [-0.2, 0) is 12.8 Å². The molecule has 50 valence electrons. The minimum absolute atomic E-state index is 1.00. The molecule has 0 unspecified atom stereocenters. The molecule has 0 atom stereocenters. The molecule has 0 bridgehead atoms. The van der Waals surface area contributed by atoms with Crippen molar-refractivity contribution in [3.8, 4) is 0 Å². The Bertz CT molecular complexity index is 160. The number of imidazole rings is 1. The summed E-state index contributed by atoms with van der Waals surface area (Å²) in [5, 5.41) is 0. The standard InChI is InChI=1S/C7H12N2/c1-3-6-5-8-7(4-2)9-6/h5H,3-4H2,1-2H3,(H,8,9). The Kier molecular flexibility index (Phi) is 1.88. The third kappa shape index (κ3) is 1.31. The zero-order valence-corrected chi connectivity index (χ0v) is 5.94. The fraction of sp³-hybridized carbons (Fsp3) is 0.571. The van der Waals surface area contributed by atoms with Gasteiger partial charge < -0.3 is 4.98 Å². The first kappa shape index (κ1) is 6.33. The molecular weight excluding hydrogens is 112 g/mol. The van der Waals surface area contributed by atoms with Gasteiger partial charge in [-0.2, -0.15) is 0 Å². The summed E-state index contributed by atoms with van der Waals surface area (Å²) in [6, 6.07) is 0. The van der Waals surface area contributed by atoms with Crippen molar-refractivity contribution in [3.05, 3.63) is 17.7 Å². The van der Waals surface area contributed by atoms with E-state index >= 15 is 0 Å². The van der Waals surface area contributed by atoms with Crippen molar-refractivity contribution in [2.45, 2.75) is 26.7 Å². The van der Waals surface area contributed by atoms with Crippen molar-refractivity contribution < 1.29 is 0 Å². The predicted octanol–water partition coefficient (Wildman–Crippen LogP) is 1.53. The van der Waals surface area contributed by atoms with Crippen molar-refractivity contribution in [3.63, 3.8) is 0 Å². The van der Waals surface area contributed by atoms with E-state index in [9.17, 15) is 0 Å². The maximum atomic E-state index is 4.15. The number of nitrogens with zero attached hydrogens (tertiary/aromatic N) is 1. The largest absolute Gasteiger partial charge is 0.346 e. The van der Waals surface area contributed by atoms with E-state index in [0.29, 0.717) is 0 Å². The molecule has 1 aromatic rings. The van der Waals surface area contributed by atoms with Gasteiger partial charge in [-0.05, 0) is 6.42 Å². The number of aromatic amines is 1. The molecule has 2 heteroatoms. The van der Waals surface area contributed by atoms with E-state index in [1.165, 1.54) is 5.69 Å². The summed E-state index contributed by atoms with van der Waals surface area (Å²) >= 11 is 0. The lowest BCUT2D eigenvalue weighted by Crippen LogP contribution is -1.82. The highest BCUT2D eigenvalue weighted by Gasteiger charge is 1.93. The molecular formula is C7H12N2. The third-order valence-electron chi connectivity index (χ3n) is 1.40. The van der Waals surface area contributed by atoms with Crippen LogP contribution in [0.2, 0.25) is 0 Å². The quantitative estimate of drug-likeness (QED) is 0.636. The molecule has 0 spiro atoms. The maximum absolute atomic E-state index is 4.15. The molecule has 0 fully saturated rings. The van der Waals surface area contributed by atoms with Crippen LogP contribution in [0.3, 0.4) is 0 Å². The Morgan fingerprint density at radius 2 is 2.22 bits per heavy atom. The van der Waals surface area contributed by atoms with E-state index in [1.807, 2.05) is 6.20 Å². The van der Waals surface area contributed by atoms with E-state index in [-0.39, 0.29) is 0 Å². The summed E-state index contributed by atoms with van der Waals surface area (Å²) in [5.74, 6) is 1.09. The molecule has 1 rings (SSSR count). The number of rotatable bonds is 2. The average molecular weight is 124 g/mol. The van der Waals surface area contributed by atoms with Gasteiger partial charge in [0.05, 0.1) is 0 Å². The van der Waals surface area contributed by atoms with Gasteiger partial charge in [-0.15, -0.1) is 0 Å². The van der Waals surface area contributed by atoms with Gasteiger partial charge >= 0.3 is 0 Å². The Morgan fingerprint density at radius 1 is 1.44 bits per heavy atom. The average Bonchev–Trinajstić information content (AvgIpc) is 2.34. The lowest BCUT2D eigenvalue weighted by Gasteiger charge is -1.85. The third-order valence-corrected chi connectivity index (χ3v) is 1.40. The molecule has 0 aliphatic rings. The Labute approximate surface area is 55.3 Å². The van der Waals surface area contributed by atoms with Gasteiger partial charge in [-0.25, -0.2) is 4.98 Å². The topological polar surface area (TPSA) is 28.7 Å². The summed E-state index contributed by atoms with van der Waals surface area (Å²) in [6.45, 7) is 4.21. The molecule has 0 saturated carbocycles. The van der Waals surface area contributed by atoms with E-state index in [2.05, 4.69) is 23.8 Å². The molecule has 0 aliphatic heterocycles. The van der Waals surface area contributed by atoms with Crippen molar-refractivity contribution in [2.75, 3.05) is 0 Å². The Balaban J connectivity index is 2.74. The summed E-state index contributed by atoms with van der Waals surface area (Å²) in [4.78, 5) is 7.35. The first-order valence-corrected chi connectivity index (χ1v) is 3.39. The van der Waals surface area contributed by atoms with Crippen molar-refractivity contribution in [1.29, 1.82) is 0 Å². The number of H-pyrrole nitrogens is 1. The van der Waals surface area contributed by atoms with Gasteiger partial charge in [0.2, 0.25) is 0 Å². The summed E-state index contributed by atoms with van der Waals surface area (Å²) < 4.78 is 0. The lowest BCUT2D eigenvalue weighted by atomic mass is 10.4. The molecule has 2 nitrogen and oxygen atoms in total. The number of nitrogens with one attached hydrogen (secondary N) is 1. The second kappa shape index (κ2) is 2.67. The van der Waals surface area contributed by atoms with Crippen LogP contribution in [0, 0.1) is 0 Å². The van der Waals surface area contributed by atoms with Gasteiger partial charge in [-0.3, -0.25) is 0 Å². The first-order chi connectivity index (χ1) is 4.36. The van der Waals surface area contributed by atoms with E-state index in [0.717, 1.165) is 18.7 Å². The summed E-state index contributed by atoms with van der Waals surface area (Å²) in [5.41, 5.74) is 1.23. The Hall–Kier alpha value is -0.790. The molecule has 0 saturated heterocycles. The van der Waals surface area contributed by atoms with Crippen molar-refractivity contribution in [1.82, 2.24) is 9.97 Å². The van der Waals surface area contributed by atoms with Crippen LogP contribution in [0.4, 0.5) is 0 Å². The first-order valence-electron chi connectivity index (χ1n) is 3.39. The molecule has 0 amide bonds. The molecule has 0 radical (unpaired) electrons. The summed E-state index contributed by atoms with van der Waals surface area (Å²) in [6.07, 6.45) is 3.95. The SMILES string of the molecule is CCc1cnc(CC)[nH]1. The lowest BCUT2D eigenvalue weighted by molar-refractivity contribution is 0.963. The molecule has 1 aromatic heterocycles. The fourth-order valence-electron chi connectivity index (χ4n) is 0.765. The van der Waals surface area contributed by atoms with E-state index < -0.39 is 0 Å². The summed E-state index contributed by atoms with van der Waals surface area (Å²) in [7, 11) is 0. The minimum Gasteiger partial charge on any atom is -0.346 e. The van der Waals surface area contributed by atoms with Gasteiger partial charge in [0.25, 0.3) is 0 Å². The van der Waals surface area contributed by atoms with Gasteiger partial charge in [-0.1, -0.05) is 13.8 Å². The molecule has 9 heavy (non-hydrogen) atoms. The predicted molar refractivity (Wildman–Crippen MR) is 37.3 cm³/mol. The number of aryl methyl sites for hydroxylation is 2. The van der Waals surface area contributed by atoms with Gasteiger partial charge in [0, 0.05) is 18.3 Å². The smallest absolute Gasteiger partial charge is 0.105 e. The van der Waals surface area contributed by atoms with Crippen molar-refractivity contribution >= 4 is 0 Å². The minimum atomic E-state index is 1.00. The fourth-order valence-corrected chi connectivity index (χ4v) is 0.765. The highest BCUT2D eigenvalue weighted by molar-refractivity contribution is 5.00. The number of hydrogen-bond donors (Lipinski definition) is 1. The van der Waals surface area contributed by atoms with Crippen LogP contribution in [-0.4, -0.2) is 9.97 Å². The number of aromatic nitrogens is 2. The second-order valence-electron chi connectivity index (χ2n) is 2.06. The van der Waals surface area contributed by atoms with Crippen LogP contribution in [0.15, 0.2) is 6.20 Å². The van der Waals surface area contributed by atoms with E-state index in [1.54, 1.807) is 0 Å². The van der Waals surface area contributed by atoms with Gasteiger partial charge in [0.1, 0.15) is 5.82 Å². The normalized spacial score (nSPS) is 10.0. The van der Waals surface area contributed by atoms with Crippen LogP contribution in [0.5, 0.6) is 0 Å².